The van der Waals surface area contributed by atoms with Crippen LogP contribution < -0.4 is 5.32 Å². The smallest absolute Gasteiger partial charge is 0.416 e. The number of nitrogens with one attached hydrogen (secondary N) is 1. The van der Waals surface area contributed by atoms with Gasteiger partial charge in [0.25, 0.3) is 0 Å². The van der Waals surface area contributed by atoms with Crippen LogP contribution in [0.15, 0.2) is 24.5 Å². The van der Waals surface area contributed by atoms with Gasteiger partial charge >= 0.3 is 12.1 Å². The fraction of sp³-hybridized carbons (Fsp3) is 0.615. The van der Waals surface area contributed by atoms with E-state index < -0.39 is 23.7 Å². The molecule has 1 saturated heterocycles. The van der Waals surface area contributed by atoms with E-state index in [0.29, 0.717) is 31.3 Å². The van der Waals surface area contributed by atoms with Crippen LogP contribution in [0, 0.1) is 5.92 Å². The number of carbonyl (C=O) groups is 2. The van der Waals surface area contributed by atoms with Crippen LogP contribution >= 0.6 is 0 Å². The Hall–Kier alpha value is -2.95. The lowest BCUT2D eigenvalue weighted by molar-refractivity contribution is -0.152. The third kappa shape index (κ3) is 5.51. The van der Waals surface area contributed by atoms with Gasteiger partial charge < -0.3 is 15.0 Å². The van der Waals surface area contributed by atoms with Crippen LogP contribution in [0.5, 0.6) is 0 Å². The summed E-state index contributed by atoms with van der Waals surface area (Å²) in [5.41, 5.74) is -0.530. The molecule has 202 valence electrons. The van der Waals surface area contributed by atoms with Crippen molar-refractivity contribution in [1.82, 2.24) is 19.8 Å². The minimum atomic E-state index is -4.51. The predicted molar refractivity (Wildman–Crippen MR) is 133 cm³/mol. The lowest BCUT2D eigenvalue weighted by atomic mass is 9.79. The van der Waals surface area contributed by atoms with Crippen molar-refractivity contribution in [2.24, 2.45) is 5.92 Å². The molecule has 4 atom stereocenters. The van der Waals surface area contributed by atoms with Gasteiger partial charge in [-0.1, -0.05) is 0 Å². The maximum atomic E-state index is 13.5. The number of benzene rings is 1. The Morgan fingerprint density at radius 3 is 2.54 bits per heavy atom. The zero-order chi connectivity index (χ0) is 27.1. The van der Waals surface area contributed by atoms with Crippen LogP contribution in [0.25, 0.3) is 10.9 Å². The molecule has 8 nitrogen and oxygen atoms in total. The molecule has 2 heterocycles. The Morgan fingerprint density at radius 2 is 1.89 bits per heavy atom. The largest absolute Gasteiger partial charge is 0.469 e. The number of hydrogen-bond acceptors (Lipinski definition) is 7. The van der Waals surface area contributed by atoms with Crippen LogP contribution in [0.2, 0.25) is 0 Å². The number of amides is 1. The number of likely N-dealkylation sites (tertiary alicyclic amines) is 1. The molecule has 3 unspecified atom stereocenters. The molecule has 1 aliphatic heterocycles. The van der Waals surface area contributed by atoms with E-state index in [1.807, 2.05) is 0 Å². The molecule has 37 heavy (non-hydrogen) atoms. The number of rotatable bonds is 5. The summed E-state index contributed by atoms with van der Waals surface area (Å²) in [6.45, 7) is 6.81. The van der Waals surface area contributed by atoms with Crippen molar-refractivity contribution in [2.75, 3.05) is 26.0 Å². The molecule has 2 aliphatic rings. The standard InChI is InChI=1S/C26H34F3N5O3/c1-25(2,3)33(4)16-7-9-21(18(13-16)24(36)37-5)34-11-10-20(23(34)35)32-22-17-12-15(26(27,28)29)6-8-19(17)30-14-31-22/h6,8,12,14,16,18,20-21H,7,9-11,13H2,1-5H3,(H,30,31,32)/t16?,18?,20-,21?/m0/s1. The highest BCUT2D eigenvalue weighted by Crippen LogP contribution is 2.37. The summed E-state index contributed by atoms with van der Waals surface area (Å²) in [5.74, 6) is -0.801. The van der Waals surface area contributed by atoms with E-state index in [4.69, 9.17) is 4.74 Å². The normalized spacial score (nSPS) is 25.1. The second-order valence-corrected chi connectivity index (χ2v) is 10.9. The number of fused-ring (bicyclic) bond motifs is 1. The average molecular weight is 522 g/mol. The zero-order valence-corrected chi connectivity index (χ0v) is 21.8. The Morgan fingerprint density at radius 1 is 1.16 bits per heavy atom. The van der Waals surface area contributed by atoms with Crippen molar-refractivity contribution in [3.8, 4) is 0 Å². The molecule has 0 radical (unpaired) electrons. The molecule has 4 rings (SSSR count). The third-order valence-electron chi connectivity index (χ3n) is 7.81. The first-order valence-electron chi connectivity index (χ1n) is 12.5. The number of aromatic nitrogens is 2. The van der Waals surface area contributed by atoms with Gasteiger partial charge in [-0.15, -0.1) is 0 Å². The molecule has 1 aromatic heterocycles. The van der Waals surface area contributed by atoms with Crippen LogP contribution in [-0.4, -0.2) is 76.0 Å². The van der Waals surface area contributed by atoms with E-state index in [1.165, 1.54) is 19.5 Å². The van der Waals surface area contributed by atoms with Gasteiger partial charge in [-0.25, -0.2) is 9.97 Å². The topological polar surface area (TPSA) is 87.7 Å². The lowest BCUT2D eigenvalue weighted by Crippen LogP contribution is -2.55. The Balaban J connectivity index is 1.53. The molecule has 11 heteroatoms. The first-order chi connectivity index (χ1) is 17.3. The quantitative estimate of drug-likeness (QED) is 0.593. The molecular formula is C26H34F3N5O3. The molecule has 1 saturated carbocycles. The van der Waals surface area contributed by atoms with Crippen molar-refractivity contribution < 1.29 is 27.5 Å². The highest BCUT2D eigenvalue weighted by Gasteiger charge is 2.46. The number of hydrogen-bond donors (Lipinski definition) is 1. The second kappa shape index (κ2) is 10.1. The summed E-state index contributed by atoms with van der Waals surface area (Å²) in [6, 6.07) is 2.48. The minimum Gasteiger partial charge on any atom is -0.469 e. The fourth-order valence-corrected chi connectivity index (χ4v) is 5.49. The third-order valence-corrected chi connectivity index (χ3v) is 7.81. The molecule has 0 bridgehead atoms. The molecule has 1 amide bonds. The maximum absolute atomic E-state index is 13.5. The summed E-state index contributed by atoms with van der Waals surface area (Å²) in [7, 11) is 3.42. The summed E-state index contributed by atoms with van der Waals surface area (Å²) in [4.78, 5) is 38.5. The predicted octanol–water partition coefficient (Wildman–Crippen LogP) is 4.10. The average Bonchev–Trinajstić information content (AvgIpc) is 3.21. The molecule has 1 aromatic carbocycles. The number of carbonyl (C=O) groups excluding carboxylic acids is 2. The Kier molecular flexibility index (Phi) is 7.38. The van der Waals surface area contributed by atoms with Gasteiger partial charge in [-0.2, -0.15) is 13.2 Å². The van der Waals surface area contributed by atoms with E-state index in [-0.39, 0.29) is 40.7 Å². The Bertz CT molecular complexity index is 1170. The second-order valence-electron chi connectivity index (χ2n) is 10.9. The highest BCUT2D eigenvalue weighted by molar-refractivity contribution is 5.93. The number of ether oxygens (including phenoxy) is 1. The number of anilines is 1. The van der Waals surface area contributed by atoms with Gasteiger partial charge in [0.1, 0.15) is 18.2 Å². The van der Waals surface area contributed by atoms with E-state index in [9.17, 15) is 22.8 Å². The number of alkyl halides is 3. The highest BCUT2D eigenvalue weighted by atomic mass is 19.4. The van der Waals surface area contributed by atoms with Crippen molar-refractivity contribution in [3.05, 3.63) is 30.1 Å². The van der Waals surface area contributed by atoms with Gasteiger partial charge in [0.05, 0.1) is 24.1 Å². The number of halogens is 3. The van der Waals surface area contributed by atoms with Gasteiger partial charge in [-0.05, 0) is 71.7 Å². The summed E-state index contributed by atoms with van der Waals surface area (Å²) in [6.07, 6.45) is -0.721. The summed E-state index contributed by atoms with van der Waals surface area (Å²) < 4.78 is 45.0. The summed E-state index contributed by atoms with van der Waals surface area (Å²) >= 11 is 0. The number of methoxy groups -OCH3 is 1. The van der Waals surface area contributed by atoms with E-state index in [0.717, 1.165) is 18.6 Å². The molecule has 2 aromatic rings. The molecule has 0 spiro atoms. The van der Waals surface area contributed by atoms with Gasteiger partial charge in [-0.3, -0.25) is 14.5 Å². The van der Waals surface area contributed by atoms with Crippen LogP contribution in [0.1, 0.15) is 52.0 Å². The van der Waals surface area contributed by atoms with E-state index in [2.05, 4.69) is 48.0 Å². The van der Waals surface area contributed by atoms with Crippen molar-refractivity contribution in [2.45, 2.75) is 76.3 Å². The van der Waals surface area contributed by atoms with Crippen molar-refractivity contribution >= 4 is 28.6 Å². The van der Waals surface area contributed by atoms with Gasteiger partial charge in [0.2, 0.25) is 5.91 Å². The van der Waals surface area contributed by atoms with Crippen molar-refractivity contribution in [1.29, 1.82) is 0 Å². The monoisotopic (exact) mass is 521 g/mol. The minimum absolute atomic E-state index is 0.0665. The van der Waals surface area contributed by atoms with Gasteiger partial charge in [0, 0.05) is 29.6 Å². The van der Waals surface area contributed by atoms with Crippen molar-refractivity contribution in [3.63, 3.8) is 0 Å². The van der Waals surface area contributed by atoms with E-state index >= 15 is 0 Å². The SMILES string of the molecule is COC(=O)C1CC(N(C)C(C)(C)C)CCC1N1CC[C@H](Nc2ncnc3ccc(C(F)(F)F)cc23)C1=O. The number of esters is 1. The van der Waals surface area contributed by atoms with E-state index in [1.54, 1.807) is 4.90 Å². The first kappa shape index (κ1) is 27.1. The van der Waals surface area contributed by atoms with Crippen LogP contribution in [-0.2, 0) is 20.5 Å². The first-order valence-corrected chi connectivity index (χ1v) is 12.5. The van der Waals surface area contributed by atoms with Crippen LogP contribution in [0.4, 0.5) is 19.0 Å². The summed E-state index contributed by atoms with van der Waals surface area (Å²) in [5, 5.41) is 3.25. The van der Waals surface area contributed by atoms with Crippen LogP contribution in [0.3, 0.4) is 0 Å². The Labute approximate surface area is 214 Å². The fourth-order valence-electron chi connectivity index (χ4n) is 5.49. The molecule has 1 aliphatic carbocycles. The molecule has 2 fully saturated rings. The molecule has 1 N–H and O–H groups in total. The zero-order valence-electron chi connectivity index (χ0n) is 21.8. The van der Waals surface area contributed by atoms with Gasteiger partial charge in [0.15, 0.2) is 0 Å². The molecular weight excluding hydrogens is 487 g/mol. The maximum Gasteiger partial charge on any atom is 0.416 e. The number of nitrogens with zero attached hydrogens (tertiary/aromatic N) is 4. The lowest BCUT2D eigenvalue weighted by Gasteiger charge is -2.46.